The van der Waals surface area contributed by atoms with Crippen molar-refractivity contribution in [2.45, 2.75) is 249 Å². The maximum atomic E-state index is 15.6. The molecule has 0 aromatic rings. The highest BCUT2D eigenvalue weighted by molar-refractivity contribution is 6.20. The number of amides is 11. The van der Waals surface area contributed by atoms with Crippen LogP contribution in [0.4, 0.5) is 4.39 Å². The Morgan fingerprint density at radius 3 is 1.63 bits per heavy atom. The highest BCUT2D eigenvalue weighted by Crippen LogP contribution is 2.35. The Balaban J connectivity index is 1.82. The van der Waals surface area contributed by atoms with E-state index in [1.165, 1.54) is 80.8 Å². The van der Waals surface area contributed by atoms with Crippen LogP contribution >= 0.6 is 23.2 Å². The van der Waals surface area contributed by atoms with Crippen LogP contribution < -0.4 is 21.3 Å². The van der Waals surface area contributed by atoms with Crippen molar-refractivity contribution in [3.63, 3.8) is 0 Å². The summed E-state index contributed by atoms with van der Waals surface area (Å²) in [6, 6.07) is -8.75. The zero-order chi connectivity index (χ0) is 68.3. The molecule has 3 unspecified atom stereocenters. The fourth-order valence-corrected chi connectivity index (χ4v) is 13.7. The predicted octanol–water partition coefficient (Wildman–Crippen LogP) is 5.87. The van der Waals surface area contributed by atoms with Gasteiger partial charge in [-0.05, 0) is 133 Å². The van der Waals surface area contributed by atoms with Gasteiger partial charge in [0.1, 0.15) is 48.5 Å². The minimum atomic E-state index is -1.32. The molecule has 0 bridgehead atoms. The summed E-state index contributed by atoms with van der Waals surface area (Å²) in [5.41, 5.74) is 0. The molecule has 4 rings (SSSR count). The van der Waals surface area contributed by atoms with Crippen molar-refractivity contribution < 1.29 is 57.1 Å². The largest absolute Gasteiger partial charge is 0.351 e. The van der Waals surface area contributed by atoms with Gasteiger partial charge < -0.3 is 55.6 Å². The first kappa shape index (κ1) is 78.1. The third-order valence-electron chi connectivity index (χ3n) is 19.6. The van der Waals surface area contributed by atoms with Gasteiger partial charge in [0.05, 0.1) is 19.6 Å². The van der Waals surface area contributed by atoms with Gasteiger partial charge in [-0.1, -0.05) is 80.1 Å². The quantitative estimate of drug-likeness (QED) is 0.159. The van der Waals surface area contributed by atoms with Crippen molar-refractivity contribution in [2.24, 2.45) is 35.5 Å². The topological polar surface area (TPSA) is 259 Å². The molecule has 0 aromatic heterocycles. The maximum Gasteiger partial charge on any atom is 0.245 e. The lowest BCUT2D eigenvalue weighted by atomic mass is 9.83. The summed E-state index contributed by atoms with van der Waals surface area (Å²) in [4.78, 5) is 168. The number of carbonyl (C=O) groups is 11. The molecular formula is C66H112Cl2FN11O11. The Morgan fingerprint density at radius 1 is 0.495 bits per heavy atom. The standard InChI is InChI=1S/C66H112Cl2FN11O11/c1-16-41(6)59-66(91)76(11)37-57(83)74(9)38-58(84)78(13)53(34-45-22-26-47(67)27-23-45)64(89)75(10)36-55(81)71-50(29-25-46-24-28-48(68)35-49(46)69)61(86)72-51(30-39(2)3)63(88)80(15)54(33-44-20-18-17-19-21-44)65(90)79(14)52(31-40(4)5)62(87)70-42(7)32-56(82)77(12)43(8)60(85)73-59/h39-54,59H,16-38H2,1-15H3,(H,70,87)(H,71,81)(H,72,86)(H,73,85)/t41-,42+,43-,45?,46?,47?,48?,49?,50-,51-,52-,53-,54-,59-/m0/s1. The van der Waals surface area contributed by atoms with Crippen molar-refractivity contribution in [2.75, 3.05) is 69.0 Å². The van der Waals surface area contributed by atoms with E-state index in [1.54, 1.807) is 13.8 Å². The molecule has 3 saturated carbocycles. The van der Waals surface area contributed by atoms with Crippen LogP contribution in [0.5, 0.6) is 0 Å². The molecule has 11 amide bonds. The van der Waals surface area contributed by atoms with Crippen molar-refractivity contribution in [1.29, 1.82) is 0 Å². The van der Waals surface area contributed by atoms with E-state index >= 15 is 14.0 Å². The molecule has 518 valence electrons. The number of alkyl halides is 3. The molecular weight excluding hydrogens is 1210 g/mol. The number of carbonyl (C=O) groups excluding carboxylic acids is 11. The number of likely N-dealkylation sites (N-methyl/N-ethyl adjacent to an activating group) is 7. The second-order valence-corrected chi connectivity index (χ2v) is 29.3. The summed E-state index contributed by atoms with van der Waals surface area (Å²) in [6.07, 6.45) is 8.42. The molecule has 0 spiro atoms. The van der Waals surface area contributed by atoms with Crippen LogP contribution in [0.15, 0.2) is 0 Å². The van der Waals surface area contributed by atoms with Crippen LogP contribution in [-0.4, -0.2) is 234 Å². The van der Waals surface area contributed by atoms with Gasteiger partial charge >= 0.3 is 0 Å². The van der Waals surface area contributed by atoms with Gasteiger partial charge in [0.15, 0.2) is 0 Å². The van der Waals surface area contributed by atoms with Crippen molar-refractivity contribution in [3.05, 3.63) is 0 Å². The summed E-state index contributed by atoms with van der Waals surface area (Å²) in [6.45, 7) is 12.8. The summed E-state index contributed by atoms with van der Waals surface area (Å²) in [5, 5.41) is 11.1. The van der Waals surface area contributed by atoms with E-state index in [2.05, 4.69) is 21.3 Å². The Morgan fingerprint density at radius 2 is 1.04 bits per heavy atom. The van der Waals surface area contributed by atoms with Gasteiger partial charge in [0.25, 0.3) is 0 Å². The van der Waals surface area contributed by atoms with Gasteiger partial charge in [0, 0.05) is 72.6 Å². The van der Waals surface area contributed by atoms with Crippen LogP contribution in [0, 0.1) is 35.5 Å². The van der Waals surface area contributed by atoms with Crippen LogP contribution in [0.2, 0.25) is 0 Å². The summed E-state index contributed by atoms with van der Waals surface area (Å²) >= 11 is 12.9. The number of rotatable bonds is 13. The highest BCUT2D eigenvalue weighted by atomic mass is 35.5. The Bertz CT molecular complexity index is 2480. The molecule has 1 aliphatic heterocycles. The lowest BCUT2D eigenvalue weighted by Gasteiger charge is -2.38. The first-order valence-electron chi connectivity index (χ1n) is 33.6. The van der Waals surface area contributed by atoms with E-state index in [9.17, 15) is 43.2 Å². The van der Waals surface area contributed by atoms with E-state index in [-0.39, 0.29) is 85.8 Å². The molecule has 25 heteroatoms. The normalized spacial score (nSPS) is 31.0. The molecule has 91 heavy (non-hydrogen) atoms. The monoisotopic (exact) mass is 1320 g/mol. The van der Waals surface area contributed by atoms with Crippen LogP contribution in [0.1, 0.15) is 184 Å². The van der Waals surface area contributed by atoms with E-state index in [0.717, 1.165) is 41.9 Å². The van der Waals surface area contributed by atoms with E-state index in [0.29, 0.717) is 44.9 Å². The first-order valence-corrected chi connectivity index (χ1v) is 34.4. The van der Waals surface area contributed by atoms with Crippen LogP contribution in [0.3, 0.4) is 0 Å². The van der Waals surface area contributed by atoms with Gasteiger partial charge in [-0.25, -0.2) is 4.39 Å². The Hall–Kier alpha value is -5.32. The average Bonchev–Trinajstić information content (AvgIpc) is 1.67. The lowest BCUT2D eigenvalue weighted by Crippen LogP contribution is -2.60. The van der Waals surface area contributed by atoms with Crippen LogP contribution in [-0.2, 0) is 52.7 Å². The zero-order valence-corrected chi connectivity index (χ0v) is 58.8. The predicted molar refractivity (Wildman–Crippen MR) is 350 cm³/mol. The third-order valence-corrected chi connectivity index (χ3v) is 20.5. The Labute approximate surface area is 552 Å². The van der Waals surface area contributed by atoms with Crippen molar-refractivity contribution in [3.8, 4) is 0 Å². The third kappa shape index (κ3) is 23.6. The summed E-state index contributed by atoms with van der Waals surface area (Å²) in [5.74, 6) is -7.71. The number of nitrogens with one attached hydrogen (secondary N) is 4. The molecule has 4 aliphatic rings. The molecule has 1 heterocycles. The number of nitrogens with zero attached hydrogens (tertiary/aromatic N) is 7. The Kier molecular flexibility index (Phi) is 31.7. The van der Waals surface area contributed by atoms with Crippen molar-refractivity contribution in [1.82, 2.24) is 55.6 Å². The highest BCUT2D eigenvalue weighted by Gasteiger charge is 2.42. The molecule has 0 radical (unpaired) electrons. The second-order valence-electron chi connectivity index (χ2n) is 28.1. The summed E-state index contributed by atoms with van der Waals surface area (Å²) in [7, 11) is 10.2. The molecule has 1 saturated heterocycles. The van der Waals surface area contributed by atoms with Gasteiger partial charge in [-0.15, -0.1) is 23.2 Å². The maximum absolute atomic E-state index is 15.6. The van der Waals surface area contributed by atoms with Gasteiger partial charge in [0.2, 0.25) is 65.0 Å². The number of halogens is 3. The molecule has 22 nitrogen and oxygen atoms in total. The molecule has 4 fully saturated rings. The van der Waals surface area contributed by atoms with E-state index in [1.807, 2.05) is 34.6 Å². The van der Waals surface area contributed by atoms with Crippen molar-refractivity contribution >= 4 is 88.2 Å². The smallest absolute Gasteiger partial charge is 0.245 e. The fraction of sp³-hybridized carbons (Fsp3) is 0.833. The lowest BCUT2D eigenvalue weighted by molar-refractivity contribution is -0.150. The van der Waals surface area contributed by atoms with E-state index < -0.39 is 151 Å². The number of hydrogen-bond acceptors (Lipinski definition) is 11. The minimum Gasteiger partial charge on any atom is -0.351 e. The fourth-order valence-electron chi connectivity index (χ4n) is 13.2. The average molecular weight is 1330 g/mol. The minimum absolute atomic E-state index is 0.0236. The van der Waals surface area contributed by atoms with E-state index in [4.69, 9.17) is 23.2 Å². The van der Waals surface area contributed by atoms with Gasteiger partial charge in [-0.3, -0.25) is 52.7 Å². The zero-order valence-electron chi connectivity index (χ0n) is 57.3. The van der Waals surface area contributed by atoms with Gasteiger partial charge in [-0.2, -0.15) is 0 Å². The molecule has 3 aliphatic carbocycles. The molecule has 12 atom stereocenters. The van der Waals surface area contributed by atoms with Crippen LogP contribution in [0.25, 0.3) is 0 Å². The summed E-state index contributed by atoms with van der Waals surface area (Å²) < 4.78 is 15.6. The number of hydrogen-bond donors (Lipinski definition) is 4. The second kappa shape index (κ2) is 36.9. The SMILES string of the molecule is CC[C@H](C)[C@@H]1NC(=O)[C@H](C)N(C)C(=O)C[C@@H](C)NC(=O)[C@H](CC(C)C)N(C)C(=O)[C@H](CC2CCCCC2)N(C)C(=O)[C@H](CC(C)C)NC(=O)[C@H](CCC2CCC(Cl)CC2F)NC(=O)CN(C)C(=O)[C@H](CC2CCC(Cl)CC2)N(C)C(=O)CN(C)C(=O)CN(C)C1=O. The first-order chi connectivity index (χ1) is 42.6. The molecule has 4 N–H and O–H groups in total. The molecule has 0 aromatic carbocycles.